The molecule has 1 aromatic heterocycles. The SMILES string of the molecule is CN(C)c1ccc(OC2CCCN(C(=O)CNC(=O)OCc3ccccc3)C2)nn1. The van der Waals surface area contributed by atoms with Crippen molar-refractivity contribution in [1.82, 2.24) is 20.4 Å². The molecule has 1 atom stereocenters. The van der Waals surface area contributed by atoms with Crippen molar-refractivity contribution in [1.29, 1.82) is 0 Å². The zero-order valence-electron chi connectivity index (χ0n) is 17.3. The summed E-state index contributed by atoms with van der Waals surface area (Å²) >= 11 is 0. The van der Waals surface area contributed by atoms with E-state index in [1.54, 1.807) is 11.0 Å². The molecule has 1 aliphatic rings. The summed E-state index contributed by atoms with van der Waals surface area (Å²) in [6, 6.07) is 13.0. The molecular weight excluding hydrogens is 386 g/mol. The molecule has 0 bridgehead atoms. The van der Waals surface area contributed by atoms with Gasteiger partial charge in [0, 0.05) is 26.7 Å². The topological polar surface area (TPSA) is 96.9 Å². The summed E-state index contributed by atoms with van der Waals surface area (Å²) in [7, 11) is 3.78. The van der Waals surface area contributed by atoms with Gasteiger partial charge in [-0.3, -0.25) is 4.79 Å². The van der Waals surface area contributed by atoms with Crippen LogP contribution in [0.15, 0.2) is 42.5 Å². The van der Waals surface area contributed by atoms with Crippen LogP contribution < -0.4 is 15.0 Å². The molecule has 0 saturated carbocycles. The van der Waals surface area contributed by atoms with E-state index in [1.807, 2.05) is 55.4 Å². The summed E-state index contributed by atoms with van der Waals surface area (Å²) in [6.45, 7) is 1.12. The first kappa shape index (κ1) is 21.4. The summed E-state index contributed by atoms with van der Waals surface area (Å²) < 4.78 is 11.0. The second-order valence-electron chi connectivity index (χ2n) is 7.26. The molecule has 1 fully saturated rings. The van der Waals surface area contributed by atoms with Gasteiger partial charge >= 0.3 is 6.09 Å². The fourth-order valence-corrected chi connectivity index (χ4v) is 3.08. The van der Waals surface area contributed by atoms with Gasteiger partial charge in [0.15, 0.2) is 5.82 Å². The number of benzene rings is 1. The number of piperidine rings is 1. The Morgan fingerprint density at radius 1 is 1.17 bits per heavy atom. The number of amides is 2. The van der Waals surface area contributed by atoms with Gasteiger partial charge in [0.25, 0.3) is 0 Å². The number of nitrogens with zero attached hydrogens (tertiary/aromatic N) is 4. The van der Waals surface area contributed by atoms with E-state index < -0.39 is 6.09 Å². The Morgan fingerprint density at radius 3 is 2.67 bits per heavy atom. The van der Waals surface area contributed by atoms with Crippen molar-refractivity contribution in [2.45, 2.75) is 25.6 Å². The molecule has 0 radical (unpaired) electrons. The van der Waals surface area contributed by atoms with E-state index in [1.165, 1.54) is 0 Å². The lowest BCUT2D eigenvalue weighted by Gasteiger charge is -2.32. The number of likely N-dealkylation sites (tertiary alicyclic amines) is 1. The van der Waals surface area contributed by atoms with Gasteiger partial charge in [-0.05, 0) is 24.5 Å². The second-order valence-corrected chi connectivity index (χ2v) is 7.26. The molecule has 0 spiro atoms. The van der Waals surface area contributed by atoms with E-state index in [-0.39, 0.29) is 25.2 Å². The van der Waals surface area contributed by atoms with Crippen LogP contribution in [0.2, 0.25) is 0 Å². The van der Waals surface area contributed by atoms with Crippen molar-refractivity contribution in [3.05, 3.63) is 48.0 Å². The molecule has 1 aromatic carbocycles. The average Bonchev–Trinajstić information content (AvgIpc) is 2.77. The summed E-state index contributed by atoms with van der Waals surface area (Å²) in [5.74, 6) is 1.00. The van der Waals surface area contributed by atoms with Gasteiger partial charge in [-0.15, -0.1) is 10.2 Å². The van der Waals surface area contributed by atoms with Crippen LogP contribution in [0, 0.1) is 0 Å². The van der Waals surface area contributed by atoms with Gasteiger partial charge < -0.3 is 24.6 Å². The quantitative estimate of drug-likeness (QED) is 0.740. The molecule has 2 heterocycles. The lowest BCUT2D eigenvalue weighted by molar-refractivity contribution is -0.132. The van der Waals surface area contributed by atoms with Gasteiger partial charge in [-0.2, -0.15) is 0 Å². The standard InChI is InChI=1S/C21H27N5O4/c1-25(2)18-10-11-19(24-23-18)30-17-9-6-12-26(14-17)20(27)13-22-21(28)29-15-16-7-4-3-5-8-16/h3-5,7-8,10-11,17H,6,9,12-15H2,1-2H3,(H,22,28). The fourth-order valence-electron chi connectivity index (χ4n) is 3.08. The monoisotopic (exact) mass is 413 g/mol. The van der Waals surface area contributed by atoms with Crippen LogP contribution in [-0.4, -0.2) is 66.9 Å². The maximum atomic E-state index is 12.5. The summed E-state index contributed by atoms with van der Waals surface area (Å²) in [6.07, 6.45) is 0.867. The second kappa shape index (κ2) is 10.4. The number of nitrogens with one attached hydrogen (secondary N) is 1. The zero-order chi connectivity index (χ0) is 21.3. The highest BCUT2D eigenvalue weighted by atomic mass is 16.5. The highest BCUT2D eigenvalue weighted by molar-refractivity contribution is 5.82. The minimum atomic E-state index is -0.617. The lowest BCUT2D eigenvalue weighted by Crippen LogP contribution is -2.48. The maximum absolute atomic E-state index is 12.5. The number of anilines is 1. The molecule has 1 N–H and O–H groups in total. The fraction of sp³-hybridized carbons (Fsp3) is 0.429. The third-order valence-corrected chi connectivity index (χ3v) is 4.70. The molecule has 30 heavy (non-hydrogen) atoms. The predicted octanol–water partition coefficient (Wildman–Crippen LogP) is 1.84. The van der Waals surface area contributed by atoms with E-state index in [2.05, 4.69) is 15.5 Å². The van der Waals surface area contributed by atoms with Crippen LogP contribution in [-0.2, 0) is 16.1 Å². The number of ether oxygens (including phenoxy) is 2. The molecule has 1 aliphatic heterocycles. The first-order chi connectivity index (χ1) is 14.5. The van der Waals surface area contributed by atoms with Crippen molar-refractivity contribution < 1.29 is 19.1 Å². The van der Waals surface area contributed by atoms with E-state index in [9.17, 15) is 9.59 Å². The van der Waals surface area contributed by atoms with Crippen molar-refractivity contribution in [3.8, 4) is 5.88 Å². The van der Waals surface area contributed by atoms with E-state index in [4.69, 9.17) is 9.47 Å². The first-order valence-corrected chi connectivity index (χ1v) is 9.91. The Hall–Kier alpha value is -3.36. The summed E-state index contributed by atoms with van der Waals surface area (Å²) in [5.41, 5.74) is 0.886. The Bertz CT molecular complexity index is 829. The summed E-state index contributed by atoms with van der Waals surface area (Å²) in [4.78, 5) is 27.8. The van der Waals surface area contributed by atoms with Crippen LogP contribution in [0.25, 0.3) is 0 Å². The largest absolute Gasteiger partial charge is 0.471 e. The van der Waals surface area contributed by atoms with Crippen molar-refractivity contribution in [2.75, 3.05) is 38.6 Å². The first-order valence-electron chi connectivity index (χ1n) is 9.91. The van der Waals surface area contributed by atoms with Gasteiger partial charge in [-0.25, -0.2) is 4.79 Å². The van der Waals surface area contributed by atoms with Gasteiger partial charge in [0.2, 0.25) is 11.8 Å². The Morgan fingerprint density at radius 2 is 1.97 bits per heavy atom. The minimum Gasteiger partial charge on any atom is -0.471 e. The number of rotatable bonds is 7. The summed E-state index contributed by atoms with van der Waals surface area (Å²) in [5, 5.41) is 10.7. The highest BCUT2D eigenvalue weighted by Gasteiger charge is 2.25. The Kier molecular flexibility index (Phi) is 7.42. The van der Waals surface area contributed by atoms with E-state index in [0.717, 1.165) is 24.2 Å². The maximum Gasteiger partial charge on any atom is 0.407 e. The molecule has 1 unspecified atom stereocenters. The lowest BCUT2D eigenvalue weighted by atomic mass is 10.1. The van der Waals surface area contributed by atoms with E-state index in [0.29, 0.717) is 19.0 Å². The van der Waals surface area contributed by atoms with Crippen molar-refractivity contribution >= 4 is 17.8 Å². The van der Waals surface area contributed by atoms with Crippen LogP contribution in [0.4, 0.5) is 10.6 Å². The van der Waals surface area contributed by atoms with Crippen molar-refractivity contribution in [3.63, 3.8) is 0 Å². The predicted molar refractivity (Wildman–Crippen MR) is 111 cm³/mol. The van der Waals surface area contributed by atoms with Gasteiger partial charge in [-0.1, -0.05) is 30.3 Å². The molecule has 160 valence electrons. The smallest absolute Gasteiger partial charge is 0.407 e. The molecular formula is C21H27N5O4. The molecule has 9 heteroatoms. The minimum absolute atomic E-state index is 0.113. The number of hydrogen-bond acceptors (Lipinski definition) is 7. The van der Waals surface area contributed by atoms with Crippen LogP contribution >= 0.6 is 0 Å². The molecule has 2 amide bonds. The number of alkyl carbamates (subject to hydrolysis) is 1. The normalized spacial score (nSPS) is 15.9. The van der Waals surface area contributed by atoms with E-state index >= 15 is 0 Å². The van der Waals surface area contributed by atoms with Crippen molar-refractivity contribution in [2.24, 2.45) is 0 Å². The highest BCUT2D eigenvalue weighted by Crippen LogP contribution is 2.17. The molecule has 0 aliphatic carbocycles. The number of carbonyl (C=O) groups excluding carboxylic acids is 2. The van der Waals surface area contributed by atoms with Crippen LogP contribution in [0.1, 0.15) is 18.4 Å². The average molecular weight is 413 g/mol. The number of aromatic nitrogens is 2. The molecule has 9 nitrogen and oxygen atoms in total. The van der Waals surface area contributed by atoms with Crippen LogP contribution in [0.3, 0.4) is 0 Å². The third-order valence-electron chi connectivity index (χ3n) is 4.70. The molecule has 3 rings (SSSR count). The molecule has 1 saturated heterocycles. The molecule has 2 aromatic rings. The van der Waals surface area contributed by atoms with Gasteiger partial charge in [0.1, 0.15) is 19.3 Å². The number of carbonyl (C=O) groups is 2. The zero-order valence-corrected chi connectivity index (χ0v) is 17.3. The van der Waals surface area contributed by atoms with Crippen LogP contribution in [0.5, 0.6) is 5.88 Å². The number of hydrogen-bond donors (Lipinski definition) is 1. The Balaban J connectivity index is 1.41. The van der Waals surface area contributed by atoms with Gasteiger partial charge in [0.05, 0.1) is 6.54 Å². The third kappa shape index (κ3) is 6.33. The Labute approximate surface area is 176 Å².